The number of carbonyl (C=O) groups excluding carboxylic acids is 1. The standard InChI is InChI=1S/C16H21N3O2S2/c1-9(2)22-16-19-18-15(23-16)17-14(20)12(5)21-13-8-10(3)6-7-11(13)4/h6-9,12H,1-5H3,(H,17,18,20). The van der Waals surface area contributed by atoms with Crippen LogP contribution >= 0.6 is 23.1 Å². The molecule has 1 heterocycles. The molecule has 1 unspecified atom stereocenters. The maximum Gasteiger partial charge on any atom is 0.266 e. The van der Waals surface area contributed by atoms with Crippen LogP contribution in [0.1, 0.15) is 31.9 Å². The number of aromatic nitrogens is 2. The van der Waals surface area contributed by atoms with Crippen LogP contribution in [0.2, 0.25) is 0 Å². The first-order valence-corrected chi connectivity index (χ1v) is 9.09. The maximum absolute atomic E-state index is 12.2. The van der Waals surface area contributed by atoms with Gasteiger partial charge in [-0.3, -0.25) is 10.1 Å². The summed E-state index contributed by atoms with van der Waals surface area (Å²) >= 11 is 3.00. The molecular weight excluding hydrogens is 330 g/mol. The molecule has 124 valence electrons. The monoisotopic (exact) mass is 351 g/mol. The van der Waals surface area contributed by atoms with Gasteiger partial charge < -0.3 is 4.74 Å². The van der Waals surface area contributed by atoms with Gasteiger partial charge in [-0.2, -0.15) is 0 Å². The van der Waals surface area contributed by atoms with E-state index in [1.54, 1.807) is 18.7 Å². The average Bonchev–Trinajstić information content (AvgIpc) is 2.89. The van der Waals surface area contributed by atoms with Crippen LogP contribution in [0.3, 0.4) is 0 Å². The van der Waals surface area contributed by atoms with Crippen molar-refractivity contribution in [1.29, 1.82) is 0 Å². The summed E-state index contributed by atoms with van der Waals surface area (Å²) in [7, 11) is 0. The van der Waals surface area contributed by atoms with Crippen LogP contribution in [0, 0.1) is 13.8 Å². The van der Waals surface area contributed by atoms with Crippen LogP contribution in [0.25, 0.3) is 0 Å². The SMILES string of the molecule is Cc1ccc(C)c(OC(C)C(=O)Nc2nnc(SC(C)C)s2)c1. The van der Waals surface area contributed by atoms with Crippen LogP contribution in [-0.2, 0) is 4.79 Å². The number of ether oxygens (including phenoxy) is 1. The lowest BCUT2D eigenvalue weighted by Gasteiger charge is -2.15. The van der Waals surface area contributed by atoms with Crippen molar-refractivity contribution in [2.75, 3.05) is 5.32 Å². The summed E-state index contributed by atoms with van der Waals surface area (Å²) in [6, 6.07) is 5.93. The molecule has 0 saturated carbocycles. The molecule has 0 spiro atoms. The molecule has 0 aliphatic rings. The van der Waals surface area contributed by atoms with Gasteiger partial charge in [0.05, 0.1) is 0 Å². The molecule has 7 heteroatoms. The largest absolute Gasteiger partial charge is 0.481 e. The Morgan fingerprint density at radius 2 is 2.00 bits per heavy atom. The predicted molar refractivity (Wildman–Crippen MR) is 95.5 cm³/mol. The van der Waals surface area contributed by atoms with E-state index in [0.29, 0.717) is 10.4 Å². The van der Waals surface area contributed by atoms with Gasteiger partial charge in [-0.15, -0.1) is 10.2 Å². The molecule has 23 heavy (non-hydrogen) atoms. The number of amides is 1. The quantitative estimate of drug-likeness (QED) is 0.628. The third-order valence-corrected chi connectivity index (χ3v) is 4.92. The van der Waals surface area contributed by atoms with Gasteiger partial charge in [0.1, 0.15) is 5.75 Å². The zero-order valence-electron chi connectivity index (χ0n) is 13.9. The highest BCUT2D eigenvalue weighted by molar-refractivity contribution is 8.01. The van der Waals surface area contributed by atoms with Crippen LogP contribution in [0.4, 0.5) is 5.13 Å². The molecule has 0 bridgehead atoms. The lowest BCUT2D eigenvalue weighted by molar-refractivity contribution is -0.122. The van der Waals surface area contributed by atoms with Crippen molar-refractivity contribution in [2.24, 2.45) is 0 Å². The van der Waals surface area contributed by atoms with Gasteiger partial charge in [-0.1, -0.05) is 49.1 Å². The van der Waals surface area contributed by atoms with E-state index in [0.717, 1.165) is 21.2 Å². The van der Waals surface area contributed by atoms with E-state index in [1.807, 2.05) is 32.0 Å². The topological polar surface area (TPSA) is 64.1 Å². The smallest absolute Gasteiger partial charge is 0.266 e. The molecule has 1 N–H and O–H groups in total. The zero-order chi connectivity index (χ0) is 17.0. The van der Waals surface area contributed by atoms with E-state index in [9.17, 15) is 4.79 Å². The van der Waals surface area contributed by atoms with E-state index in [4.69, 9.17) is 4.74 Å². The maximum atomic E-state index is 12.2. The van der Waals surface area contributed by atoms with Crippen LogP contribution < -0.4 is 10.1 Å². The van der Waals surface area contributed by atoms with Gasteiger partial charge in [-0.05, 0) is 38.0 Å². The second-order valence-corrected chi connectivity index (χ2v) is 8.36. The summed E-state index contributed by atoms with van der Waals surface area (Å²) in [6.07, 6.45) is -0.611. The Morgan fingerprint density at radius 1 is 1.26 bits per heavy atom. The van der Waals surface area contributed by atoms with Crippen molar-refractivity contribution in [1.82, 2.24) is 10.2 Å². The summed E-state index contributed by atoms with van der Waals surface area (Å²) in [5.41, 5.74) is 2.10. The second kappa shape index (κ2) is 7.79. The van der Waals surface area contributed by atoms with Gasteiger partial charge in [-0.25, -0.2) is 0 Å². The third-order valence-electron chi connectivity index (χ3n) is 2.99. The molecule has 1 aromatic carbocycles. The van der Waals surface area contributed by atoms with Crippen molar-refractivity contribution in [3.8, 4) is 5.75 Å². The highest BCUT2D eigenvalue weighted by Crippen LogP contribution is 2.28. The lowest BCUT2D eigenvalue weighted by atomic mass is 10.1. The van der Waals surface area contributed by atoms with E-state index in [1.165, 1.54) is 11.3 Å². The van der Waals surface area contributed by atoms with Crippen molar-refractivity contribution in [3.05, 3.63) is 29.3 Å². The summed E-state index contributed by atoms with van der Waals surface area (Å²) in [5.74, 6) is 0.490. The van der Waals surface area contributed by atoms with Gasteiger partial charge in [0.15, 0.2) is 10.4 Å². The molecule has 2 rings (SSSR count). The third kappa shape index (κ3) is 5.21. The molecule has 0 saturated heterocycles. The fraction of sp³-hybridized carbons (Fsp3) is 0.438. The van der Waals surface area contributed by atoms with E-state index < -0.39 is 6.10 Å². The number of anilines is 1. The lowest BCUT2D eigenvalue weighted by Crippen LogP contribution is -2.30. The minimum atomic E-state index is -0.611. The summed E-state index contributed by atoms with van der Waals surface area (Å²) < 4.78 is 6.62. The van der Waals surface area contributed by atoms with Crippen LogP contribution in [0.5, 0.6) is 5.75 Å². The van der Waals surface area contributed by atoms with E-state index in [2.05, 4.69) is 29.4 Å². The highest BCUT2D eigenvalue weighted by Gasteiger charge is 2.18. The summed E-state index contributed by atoms with van der Waals surface area (Å²) in [6.45, 7) is 9.85. The fourth-order valence-corrected chi connectivity index (χ4v) is 3.77. The number of hydrogen-bond donors (Lipinski definition) is 1. The first-order valence-electron chi connectivity index (χ1n) is 7.40. The first kappa shape index (κ1) is 17.7. The number of thioether (sulfide) groups is 1. The number of nitrogens with zero attached hydrogens (tertiary/aromatic N) is 2. The van der Waals surface area contributed by atoms with Crippen molar-refractivity contribution in [3.63, 3.8) is 0 Å². The minimum Gasteiger partial charge on any atom is -0.481 e. The van der Waals surface area contributed by atoms with Crippen LogP contribution in [0.15, 0.2) is 22.5 Å². The number of rotatable bonds is 6. The molecule has 2 aromatic rings. The number of nitrogens with one attached hydrogen (secondary N) is 1. The summed E-state index contributed by atoms with van der Waals surface area (Å²) in [4.78, 5) is 12.2. The van der Waals surface area contributed by atoms with Gasteiger partial charge in [0, 0.05) is 5.25 Å². The van der Waals surface area contributed by atoms with Gasteiger partial charge in [0.2, 0.25) is 5.13 Å². The van der Waals surface area contributed by atoms with Gasteiger partial charge >= 0.3 is 0 Å². The van der Waals surface area contributed by atoms with Gasteiger partial charge in [0.25, 0.3) is 5.91 Å². The highest BCUT2D eigenvalue weighted by atomic mass is 32.2. The first-order chi connectivity index (χ1) is 10.8. The average molecular weight is 351 g/mol. The fourth-order valence-electron chi connectivity index (χ4n) is 1.79. The molecule has 5 nitrogen and oxygen atoms in total. The Labute approximate surface area is 144 Å². The molecule has 0 radical (unpaired) electrons. The normalized spacial score (nSPS) is 12.3. The van der Waals surface area contributed by atoms with Crippen molar-refractivity contribution < 1.29 is 9.53 Å². The molecule has 0 aliphatic carbocycles. The Balaban J connectivity index is 1.97. The summed E-state index contributed by atoms with van der Waals surface area (Å²) in [5, 5.41) is 11.7. The van der Waals surface area contributed by atoms with Crippen molar-refractivity contribution in [2.45, 2.75) is 50.3 Å². The number of hydrogen-bond acceptors (Lipinski definition) is 6. The van der Waals surface area contributed by atoms with E-state index in [-0.39, 0.29) is 5.91 Å². The zero-order valence-corrected chi connectivity index (χ0v) is 15.5. The Morgan fingerprint density at radius 3 is 2.70 bits per heavy atom. The number of carbonyl (C=O) groups is 1. The molecular formula is C16H21N3O2S2. The van der Waals surface area contributed by atoms with Crippen LogP contribution in [-0.4, -0.2) is 27.5 Å². The Kier molecular flexibility index (Phi) is 6.01. The Hall–Kier alpha value is -1.60. The predicted octanol–water partition coefficient (Wildman–Crippen LogP) is 4.06. The molecule has 0 aliphatic heterocycles. The minimum absolute atomic E-state index is 0.233. The molecule has 1 aromatic heterocycles. The molecule has 0 fully saturated rings. The Bertz CT molecular complexity index is 686. The van der Waals surface area contributed by atoms with E-state index >= 15 is 0 Å². The van der Waals surface area contributed by atoms with Crippen molar-refractivity contribution >= 4 is 34.1 Å². The molecule has 1 atom stereocenters. The number of benzene rings is 1. The molecule has 1 amide bonds. The second-order valence-electron chi connectivity index (χ2n) is 5.56. The number of aryl methyl sites for hydroxylation is 2.